The van der Waals surface area contributed by atoms with Crippen LogP contribution in [0.5, 0.6) is 11.5 Å². The van der Waals surface area contributed by atoms with Crippen LogP contribution in [-0.2, 0) is 15.0 Å². The van der Waals surface area contributed by atoms with E-state index < -0.39 is 17.4 Å². The molecule has 0 aliphatic carbocycles. The van der Waals surface area contributed by atoms with Crippen LogP contribution < -0.4 is 9.47 Å². The van der Waals surface area contributed by atoms with Crippen molar-refractivity contribution in [1.29, 1.82) is 0 Å². The van der Waals surface area contributed by atoms with Gasteiger partial charge in [-0.2, -0.15) is 9.98 Å². The largest absolute Gasteiger partial charge is 0.423 e. The summed E-state index contributed by atoms with van der Waals surface area (Å²) in [5.41, 5.74) is 1.53. The van der Waals surface area contributed by atoms with Crippen molar-refractivity contribution in [2.75, 3.05) is 0 Å². The van der Waals surface area contributed by atoms with E-state index in [0.29, 0.717) is 22.7 Å². The third-order valence-electron chi connectivity index (χ3n) is 4.73. The first-order valence-corrected chi connectivity index (χ1v) is 10.2. The second-order valence-electron chi connectivity index (χ2n) is 8.19. The minimum atomic E-state index is -0.593. The highest BCUT2D eigenvalue weighted by Gasteiger charge is 2.23. The number of rotatable bonds is 6. The lowest BCUT2D eigenvalue weighted by atomic mass is 9.86. The Balaban J connectivity index is 1.82. The van der Waals surface area contributed by atoms with Crippen molar-refractivity contribution < 1.29 is 28.7 Å². The molecule has 0 aromatic heterocycles. The van der Waals surface area contributed by atoms with Gasteiger partial charge in [0.1, 0.15) is 11.5 Å². The number of benzene rings is 3. The summed E-state index contributed by atoms with van der Waals surface area (Å²) in [7, 11) is 0. The minimum Gasteiger partial charge on any atom is -0.423 e. The number of isocyanates is 2. The fraction of sp³-hybridized carbons (Fsp3) is 0.154. The van der Waals surface area contributed by atoms with E-state index in [1.807, 2.05) is 20.8 Å². The van der Waals surface area contributed by atoms with Gasteiger partial charge < -0.3 is 9.47 Å². The van der Waals surface area contributed by atoms with Crippen molar-refractivity contribution >= 4 is 35.5 Å². The van der Waals surface area contributed by atoms with Gasteiger partial charge in [0.15, 0.2) is 0 Å². The fourth-order valence-electron chi connectivity index (χ4n) is 3.02. The highest BCUT2D eigenvalue weighted by molar-refractivity contribution is 5.92. The Morgan fingerprint density at radius 1 is 0.706 bits per heavy atom. The molecule has 8 heteroatoms. The van der Waals surface area contributed by atoms with Gasteiger partial charge in [0.05, 0.1) is 22.5 Å². The summed E-state index contributed by atoms with van der Waals surface area (Å²) in [6.45, 7) is 5.80. The van der Waals surface area contributed by atoms with E-state index in [1.54, 1.807) is 12.1 Å². The van der Waals surface area contributed by atoms with Gasteiger partial charge in [-0.25, -0.2) is 19.2 Å². The molecule has 0 heterocycles. The van der Waals surface area contributed by atoms with Gasteiger partial charge in [0, 0.05) is 5.56 Å². The molecule has 0 saturated carbocycles. The molecule has 3 aromatic carbocycles. The summed E-state index contributed by atoms with van der Waals surface area (Å²) < 4.78 is 11.1. The van der Waals surface area contributed by atoms with E-state index in [1.165, 1.54) is 66.8 Å². The van der Waals surface area contributed by atoms with Gasteiger partial charge in [-0.1, -0.05) is 20.8 Å². The Bertz CT molecular complexity index is 1310. The molecule has 0 N–H and O–H groups in total. The standard InChI is InChI=1S/C26H20N2O6/c1-26(2,3)22-14-21(33-24(31)17-4-8-19(9-5-17)27-15-29)12-13-23(22)34-25(32)18-6-10-20(11-7-18)28-16-30/h4-14H,1-3H3. The lowest BCUT2D eigenvalue weighted by Crippen LogP contribution is -2.17. The van der Waals surface area contributed by atoms with Crippen molar-refractivity contribution in [2.45, 2.75) is 26.2 Å². The predicted octanol–water partition coefficient (Wildman–Crippen LogP) is 5.36. The molecule has 0 saturated heterocycles. The van der Waals surface area contributed by atoms with Gasteiger partial charge in [0.25, 0.3) is 0 Å². The maximum absolute atomic E-state index is 12.6. The van der Waals surface area contributed by atoms with Crippen LogP contribution in [0.2, 0.25) is 0 Å². The van der Waals surface area contributed by atoms with Gasteiger partial charge in [-0.05, 0) is 72.1 Å². The first-order valence-electron chi connectivity index (χ1n) is 10.2. The van der Waals surface area contributed by atoms with Gasteiger partial charge >= 0.3 is 11.9 Å². The molecule has 0 amide bonds. The average Bonchev–Trinajstić information content (AvgIpc) is 2.80. The zero-order valence-electron chi connectivity index (χ0n) is 18.7. The zero-order valence-corrected chi connectivity index (χ0v) is 18.7. The number of aliphatic imine (C=N–C) groups is 2. The SMILES string of the molecule is CC(C)(C)c1cc(OC(=O)c2ccc(N=C=O)cc2)ccc1OC(=O)c1ccc(N=C=O)cc1. The second-order valence-corrected chi connectivity index (χ2v) is 8.19. The number of carbonyl (C=O) groups excluding carboxylic acids is 4. The van der Waals surface area contributed by atoms with Crippen molar-refractivity contribution in [3.63, 3.8) is 0 Å². The number of hydrogen-bond acceptors (Lipinski definition) is 8. The van der Waals surface area contributed by atoms with Gasteiger partial charge in [-0.3, -0.25) is 0 Å². The number of hydrogen-bond donors (Lipinski definition) is 0. The van der Waals surface area contributed by atoms with Crippen LogP contribution in [0.25, 0.3) is 0 Å². The van der Waals surface area contributed by atoms with Crippen molar-refractivity contribution in [1.82, 2.24) is 0 Å². The number of carbonyl (C=O) groups is 2. The van der Waals surface area contributed by atoms with Crippen molar-refractivity contribution in [3.05, 3.63) is 83.4 Å². The maximum Gasteiger partial charge on any atom is 0.343 e. The lowest BCUT2D eigenvalue weighted by Gasteiger charge is -2.23. The van der Waals surface area contributed by atoms with E-state index in [2.05, 4.69) is 9.98 Å². The molecule has 0 aliphatic heterocycles. The van der Waals surface area contributed by atoms with Crippen molar-refractivity contribution in [3.8, 4) is 11.5 Å². The molecule has 0 atom stereocenters. The summed E-state index contributed by atoms with van der Waals surface area (Å²) in [5.74, 6) is -0.580. The summed E-state index contributed by atoms with van der Waals surface area (Å²) in [6, 6.07) is 16.7. The molecule has 0 spiro atoms. The van der Waals surface area contributed by atoms with Crippen LogP contribution in [0.1, 0.15) is 47.1 Å². The summed E-state index contributed by atoms with van der Waals surface area (Å²) in [6.07, 6.45) is 2.87. The Morgan fingerprint density at radius 3 is 1.62 bits per heavy atom. The Labute approximate surface area is 195 Å². The maximum atomic E-state index is 12.6. The predicted molar refractivity (Wildman–Crippen MR) is 124 cm³/mol. The Hall–Kier alpha value is -4.64. The molecule has 0 unspecified atom stereocenters. The monoisotopic (exact) mass is 456 g/mol. The van der Waals surface area contributed by atoms with E-state index in [9.17, 15) is 19.2 Å². The molecule has 3 rings (SSSR count). The topological polar surface area (TPSA) is 111 Å². The van der Waals surface area contributed by atoms with E-state index >= 15 is 0 Å². The third-order valence-corrected chi connectivity index (χ3v) is 4.73. The molecule has 8 nitrogen and oxygen atoms in total. The number of nitrogens with zero attached hydrogens (tertiary/aromatic N) is 2. The van der Waals surface area contributed by atoms with E-state index in [-0.39, 0.29) is 16.9 Å². The summed E-state index contributed by atoms with van der Waals surface area (Å²) in [4.78, 5) is 52.8. The summed E-state index contributed by atoms with van der Waals surface area (Å²) >= 11 is 0. The Morgan fingerprint density at radius 2 is 1.18 bits per heavy atom. The van der Waals surface area contributed by atoms with Gasteiger partial charge in [-0.15, -0.1) is 0 Å². The zero-order chi connectivity index (χ0) is 24.7. The van der Waals surface area contributed by atoms with Crippen LogP contribution in [0.4, 0.5) is 11.4 Å². The minimum absolute atomic E-state index is 0.278. The highest BCUT2D eigenvalue weighted by Crippen LogP contribution is 2.35. The molecule has 0 radical (unpaired) electrons. The van der Waals surface area contributed by atoms with Crippen LogP contribution in [-0.4, -0.2) is 24.1 Å². The van der Waals surface area contributed by atoms with Crippen LogP contribution in [0, 0.1) is 0 Å². The molecule has 0 bridgehead atoms. The van der Waals surface area contributed by atoms with E-state index in [4.69, 9.17) is 9.47 Å². The smallest absolute Gasteiger partial charge is 0.343 e. The van der Waals surface area contributed by atoms with Gasteiger partial charge in [0.2, 0.25) is 12.2 Å². The first-order chi connectivity index (χ1) is 16.2. The number of esters is 2. The fourth-order valence-corrected chi connectivity index (χ4v) is 3.02. The third kappa shape index (κ3) is 5.99. The summed E-state index contributed by atoms with van der Waals surface area (Å²) in [5, 5.41) is 0. The normalized spacial score (nSPS) is 10.4. The Kier molecular flexibility index (Phi) is 7.29. The molecular formula is C26H20N2O6. The molecular weight excluding hydrogens is 436 g/mol. The molecule has 34 heavy (non-hydrogen) atoms. The molecule has 170 valence electrons. The van der Waals surface area contributed by atoms with Crippen LogP contribution in [0.15, 0.2) is 76.7 Å². The van der Waals surface area contributed by atoms with Crippen LogP contribution >= 0.6 is 0 Å². The highest BCUT2D eigenvalue weighted by atomic mass is 16.5. The lowest BCUT2D eigenvalue weighted by molar-refractivity contribution is 0.0717. The second kappa shape index (κ2) is 10.3. The van der Waals surface area contributed by atoms with E-state index in [0.717, 1.165) is 0 Å². The van der Waals surface area contributed by atoms with Crippen molar-refractivity contribution in [2.24, 2.45) is 9.98 Å². The van der Waals surface area contributed by atoms with Crippen LogP contribution in [0.3, 0.4) is 0 Å². The first kappa shape index (κ1) is 24.0. The quantitative estimate of drug-likeness (QED) is 0.214. The average molecular weight is 456 g/mol. The number of ether oxygens (including phenoxy) is 2. The molecule has 0 fully saturated rings. The molecule has 3 aromatic rings. The molecule has 0 aliphatic rings.